The second kappa shape index (κ2) is 11.8. The van der Waals surface area contributed by atoms with Crippen LogP contribution in [0.1, 0.15) is 29.5 Å². The molecule has 1 aromatic heterocycles. The molecule has 4 aromatic rings. The standard InChI is InChI=1S/C32H29N3O3S2/c1-22-12-14-23(15-13-22)21-38-27-10-5-7-24(17-27)30-25(19-35(33-30)26-8-3-2-4-9-26)18-29-31(36)34(32(39)40-29)20-28-11-6-16-37-28/h2-5,7-10,12-15,17-19,28H,6,11,16,20-21H2,1H3/b29-18-. The van der Waals surface area contributed by atoms with Crippen LogP contribution in [0.5, 0.6) is 5.75 Å². The molecule has 8 heteroatoms. The molecule has 2 aliphatic rings. The van der Waals surface area contributed by atoms with E-state index in [4.69, 9.17) is 26.8 Å². The first-order valence-corrected chi connectivity index (χ1v) is 14.6. The molecular formula is C32H29N3O3S2. The van der Waals surface area contributed by atoms with Gasteiger partial charge in [0, 0.05) is 23.9 Å². The van der Waals surface area contributed by atoms with Gasteiger partial charge in [0.1, 0.15) is 22.4 Å². The van der Waals surface area contributed by atoms with Crippen molar-refractivity contribution in [3.8, 4) is 22.7 Å². The Kier molecular flexibility index (Phi) is 7.82. The molecule has 6 nitrogen and oxygen atoms in total. The van der Waals surface area contributed by atoms with E-state index in [9.17, 15) is 4.79 Å². The summed E-state index contributed by atoms with van der Waals surface area (Å²) >= 11 is 6.91. The van der Waals surface area contributed by atoms with Gasteiger partial charge in [-0.2, -0.15) is 5.10 Å². The van der Waals surface area contributed by atoms with Gasteiger partial charge in [-0.3, -0.25) is 9.69 Å². The van der Waals surface area contributed by atoms with Crippen molar-refractivity contribution in [2.45, 2.75) is 32.5 Å². The van der Waals surface area contributed by atoms with E-state index in [2.05, 4.69) is 31.2 Å². The number of nitrogens with zero attached hydrogens (tertiary/aromatic N) is 3. The lowest BCUT2D eigenvalue weighted by atomic mass is 10.1. The van der Waals surface area contributed by atoms with E-state index in [0.717, 1.165) is 53.3 Å². The smallest absolute Gasteiger partial charge is 0.266 e. The lowest BCUT2D eigenvalue weighted by Crippen LogP contribution is -2.35. The van der Waals surface area contributed by atoms with Gasteiger partial charge in [-0.05, 0) is 55.7 Å². The lowest BCUT2D eigenvalue weighted by Gasteiger charge is -2.18. The first kappa shape index (κ1) is 26.5. The average Bonchev–Trinajstić information content (AvgIpc) is 3.71. The molecule has 2 fully saturated rings. The minimum Gasteiger partial charge on any atom is -0.489 e. The number of benzene rings is 3. The van der Waals surface area contributed by atoms with Crippen molar-refractivity contribution in [3.05, 3.63) is 107 Å². The number of ether oxygens (including phenoxy) is 2. The maximum atomic E-state index is 13.4. The number of carbonyl (C=O) groups excluding carboxylic acids is 1. The summed E-state index contributed by atoms with van der Waals surface area (Å²) in [6.45, 7) is 3.79. The number of hydrogen-bond donors (Lipinski definition) is 0. The third-order valence-electron chi connectivity index (χ3n) is 6.97. The van der Waals surface area contributed by atoms with Gasteiger partial charge in [-0.15, -0.1) is 0 Å². The van der Waals surface area contributed by atoms with E-state index < -0.39 is 0 Å². The van der Waals surface area contributed by atoms with E-state index >= 15 is 0 Å². The Morgan fingerprint density at radius 2 is 1.93 bits per heavy atom. The summed E-state index contributed by atoms with van der Waals surface area (Å²) < 4.78 is 14.3. The van der Waals surface area contributed by atoms with Crippen molar-refractivity contribution < 1.29 is 14.3 Å². The Hall–Kier alpha value is -3.72. The highest BCUT2D eigenvalue weighted by molar-refractivity contribution is 8.26. The molecule has 0 saturated carbocycles. The molecule has 0 bridgehead atoms. The summed E-state index contributed by atoms with van der Waals surface area (Å²) in [5, 5.41) is 4.94. The van der Waals surface area contributed by atoms with Crippen LogP contribution in [0, 0.1) is 6.92 Å². The number of amides is 1. The van der Waals surface area contributed by atoms with E-state index in [-0.39, 0.29) is 12.0 Å². The van der Waals surface area contributed by atoms with E-state index in [1.165, 1.54) is 17.3 Å². The first-order chi connectivity index (χ1) is 19.5. The van der Waals surface area contributed by atoms with Crippen LogP contribution in [0.4, 0.5) is 0 Å². The highest BCUT2D eigenvalue weighted by atomic mass is 32.2. The van der Waals surface area contributed by atoms with Crippen LogP contribution in [0.2, 0.25) is 0 Å². The second-order valence-corrected chi connectivity index (χ2v) is 11.6. The summed E-state index contributed by atoms with van der Waals surface area (Å²) in [5.41, 5.74) is 5.75. The fraction of sp³-hybridized carbons (Fsp3) is 0.219. The number of rotatable bonds is 8. The van der Waals surface area contributed by atoms with Gasteiger partial charge in [0.25, 0.3) is 5.91 Å². The number of thioether (sulfide) groups is 1. The Morgan fingerprint density at radius 1 is 1.10 bits per heavy atom. The topological polar surface area (TPSA) is 56.6 Å². The predicted molar refractivity (Wildman–Crippen MR) is 163 cm³/mol. The van der Waals surface area contributed by atoms with Gasteiger partial charge in [0.15, 0.2) is 0 Å². The number of thiocarbonyl (C=S) groups is 1. The Bertz CT molecular complexity index is 1560. The third kappa shape index (κ3) is 5.89. The molecule has 3 heterocycles. The molecule has 1 atom stereocenters. The number of aromatic nitrogens is 2. The molecule has 2 aliphatic heterocycles. The zero-order chi connectivity index (χ0) is 27.5. The molecule has 0 aliphatic carbocycles. The van der Waals surface area contributed by atoms with E-state index in [1.807, 2.05) is 71.6 Å². The summed E-state index contributed by atoms with van der Waals surface area (Å²) in [5.74, 6) is 0.667. The van der Waals surface area contributed by atoms with Crippen molar-refractivity contribution >= 4 is 40.3 Å². The fourth-order valence-corrected chi connectivity index (χ4v) is 6.07. The molecule has 3 aromatic carbocycles. The minimum atomic E-state index is -0.0842. The van der Waals surface area contributed by atoms with E-state index in [0.29, 0.717) is 22.4 Å². The average molecular weight is 568 g/mol. The largest absolute Gasteiger partial charge is 0.489 e. The monoisotopic (exact) mass is 567 g/mol. The molecule has 2 saturated heterocycles. The molecule has 1 unspecified atom stereocenters. The molecule has 0 spiro atoms. The normalized spacial score (nSPS) is 18.2. The number of carbonyl (C=O) groups is 1. The van der Waals surface area contributed by atoms with Crippen LogP contribution in [0.3, 0.4) is 0 Å². The highest BCUT2D eigenvalue weighted by Crippen LogP contribution is 2.36. The molecule has 0 radical (unpaired) electrons. The van der Waals surface area contributed by atoms with Crippen molar-refractivity contribution in [3.63, 3.8) is 0 Å². The molecule has 40 heavy (non-hydrogen) atoms. The van der Waals surface area contributed by atoms with Crippen LogP contribution in [0.25, 0.3) is 23.0 Å². The van der Waals surface area contributed by atoms with Gasteiger partial charge in [0.2, 0.25) is 0 Å². The van der Waals surface area contributed by atoms with Crippen LogP contribution in [-0.4, -0.2) is 44.2 Å². The molecule has 6 rings (SSSR count). The van der Waals surface area contributed by atoms with Crippen LogP contribution in [0.15, 0.2) is 90.0 Å². The van der Waals surface area contributed by atoms with Crippen molar-refractivity contribution in [1.82, 2.24) is 14.7 Å². The minimum absolute atomic E-state index is 0.0425. The highest BCUT2D eigenvalue weighted by Gasteiger charge is 2.35. The number of aryl methyl sites for hydroxylation is 1. The molecular weight excluding hydrogens is 539 g/mol. The first-order valence-electron chi connectivity index (χ1n) is 13.3. The van der Waals surface area contributed by atoms with Gasteiger partial charge in [0.05, 0.1) is 23.2 Å². The van der Waals surface area contributed by atoms with Crippen LogP contribution < -0.4 is 4.74 Å². The number of hydrogen-bond acceptors (Lipinski definition) is 6. The predicted octanol–water partition coefficient (Wildman–Crippen LogP) is 6.81. The quantitative estimate of drug-likeness (QED) is 0.172. The summed E-state index contributed by atoms with van der Waals surface area (Å²) in [6.07, 6.45) is 5.87. The van der Waals surface area contributed by atoms with Gasteiger partial charge in [-0.1, -0.05) is 84.1 Å². The third-order valence-corrected chi connectivity index (χ3v) is 8.35. The van der Waals surface area contributed by atoms with Crippen LogP contribution in [-0.2, 0) is 16.1 Å². The van der Waals surface area contributed by atoms with Gasteiger partial charge in [-0.25, -0.2) is 4.68 Å². The zero-order valence-corrected chi connectivity index (χ0v) is 23.8. The van der Waals surface area contributed by atoms with E-state index in [1.54, 1.807) is 4.90 Å². The Labute approximate surface area is 243 Å². The lowest BCUT2D eigenvalue weighted by molar-refractivity contribution is -0.123. The molecule has 1 amide bonds. The molecule has 202 valence electrons. The van der Waals surface area contributed by atoms with Crippen molar-refractivity contribution in [2.75, 3.05) is 13.2 Å². The van der Waals surface area contributed by atoms with Gasteiger partial charge >= 0.3 is 0 Å². The summed E-state index contributed by atoms with van der Waals surface area (Å²) in [6, 6.07) is 26.2. The zero-order valence-electron chi connectivity index (χ0n) is 22.2. The maximum absolute atomic E-state index is 13.4. The Balaban J connectivity index is 1.31. The summed E-state index contributed by atoms with van der Waals surface area (Å²) in [7, 11) is 0. The summed E-state index contributed by atoms with van der Waals surface area (Å²) in [4.78, 5) is 15.6. The van der Waals surface area contributed by atoms with Crippen molar-refractivity contribution in [2.24, 2.45) is 0 Å². The number of para-hydroxylation sites is 1. The maximum Gasteiger partial charge on any atom is 0.266 e. The molecule has 0 N–H and O–H groups in total. The fourth-order valence-electron chi connectivity index (χ4n) is 4.80. The van der Waals surface area contributed by atoms with Crippen LogP contribution >= 0.6 is 24.0 Å². The second-order valence-electron chi connectivity index (χ2n) is 9.94. The van der Waals surface area contributed by atoms with Gasteiger partial charge < -0.3 is 9.47 Å². The Morgan fingerprint density at radius 3 is 2.70 bits per heavy atom. The SMILES string of the molecule is Cc1ccc(COc2cccc(-c3nn(-c4ccccc4)cc3/C=C3\SC(=S)N(CC4CCCO4)C3=O)c2)cc1. The van der Waals surface area contributed by atoms with Crippen molar-refractivity contribution in [1.29, 1.82) is 0 Å².